The number of carbonyl (C=O) groups excluding carboxylic acids is 1. The number of nitrogens with zero attached hydrogens (tertiary/aromatic N) is 1. The number of hydrogen-bond donors (Lipinski definition) is 1. The van der Waals surface area contributed by atoms with Crippen molar-refractivity contribution in [2.24, 2.45) is 0 Å². The largest absolute Gasteiger partial charge is 0.329 e. The molecular formula is C9H19N2O2+. The van der Waals surface area contributed by atoms with Crippen LogP contribution in [0.5, 0.6) is 0 Å². The van der Waals surface area contributed by atoms with E-state index >= 15 is 0 Å². The summed E-state index contributed by atoms with van der Waals surface area (Å²) in [5.41, 5.74) is 2.76. The lowest BCUT2D eigenvalue weighted by Crippen LogP contribution is -2.39. The molecule has 0 aromatic rings. The Hall–Kier alpha value is -0.870. The molecule has 0 bridgehead atoms. The van der Waals surface area contributed by atoms with Crippen molar-refractivity contribution in [1.29, 1.82) is 0 Å². The summed E-state index contributed by atoms with van der Waals surface area (Å²) >= 11 is 0. The van der Waals surface area contributed by atoms with Crippen molar-refractivity contribution >= 4 is 5.91 Å². The van der Waals surface area contributed by atoms with E-state index in [1.165, 1.54) is 0 Å². The molecule has 0 spiro atoms. The van der Waals surface area contributed by atoms with Gasteiger partial charge < -0.3 is 4.48 Å². The van der Waals surface area contributed by atoms with Crippen LogP contribution in [0.15, 0.2) is 12.2 Å². The Morgan fingerprint density at radius 2 is 2.00 bits per heavy atom. The van der Waals surface area contributed by atoms with Gasteiger partial charge in [-0.2, -0.15) is 0 Å². The monoisotopic (exact) mass is 187 g/mol. The molecule has 4 heteroatoms. The van der Waals surface area contributed by atoms with Crippen molar-refractivity contribution in [1.82, 2.24) is 5.48 Å². The zero-order chi connectivity index (χ0) is 10.5. The lowest BCUT2D eigenvalue weighted by Gasteiger charge is -2.23. The van der Waals surface area contributed by atoms with Crippen LogP contribution in [-0.2, 0) is 9.63 Å². The highest BCUT2D eigenvalue weighted by Gasteiger charge is 2.07. The van der Waals surface area contributed by atoms with E-state index in [1.807, 2.05) is 0 Å². The third-order valence-corrected chi connectivity index (χ3v) is 1.42. The molecule has 1 N–H and O–H groups in total. The number of carbonyl (C=O) groups is 1. The molecule has 0 aromatic carbocycles. The number of rotatable bonds is 5. The summed E-state index contributed by atoms with van der Waals surface area (Å²) in [5.74, 6) is -0.263. The Morgan fingerprint density at radius 1 is 1.46 bits per heavy atom. The normalized spacial score (nSPS) is 11.1. The van der Waals surface area contributed by atoms with E-state index in [1.54, 1.807) is 6.92 Å². The predicted octanol–water partition coefficient (Wildman–Crippen LogP) is 0.317. The van der Waals surface area contributed by atoms with E-state index in [0.29, 0.717) is 12.2 Å². The van der Waals surface area contributed by atoms with Gasteiger partial charge in [-0.3, -0.25) is 9.63 Å². The molecule has 0 aliphatic heterocycles. The molecule has 0 heterocycles. The number of quaternary nitrogens is 1. The molecule has 0 saturated heterocycles. The van der Waals surface area contributed by atoms with Crippen LogP contribution in [0.4, 0.5) is 0 Å². The molecule has 0 radical (unpaired) electrons. The first-order valence-electron chi connectivity index (χ1n) is 4.21. The van der Waals surface area contributed by atoms with Gasteiger partial charge >= 0.3 is 0 Å². The Labute approximate surface area is 79.7 Å². The summed E-state index contributed by atoms with van der Waals surface area (Å²) in [6.45, 7) is 6.47. The van der Waals surface area contributed by atoms with Gasteiger partial charge in [-0.15, -0.1) is 0 Å². The minimum absolute atomic E-state index is 0.263. The van der Waals surface area contributed by atoms with Gasteiger partial charge in [-0.05, 0) is 6.92 Å². The van der Waals surface area contributed by atoms with Crippen LogP contribution < -0.4 is 5.48 Å². The fourth-order valence-corrected chi connectivity index (χ4v) is 0.523. The summed E-state index contributed by atoms with van der Waals surface area (Å²) < 4.78 is 0.808. The molecular weight excluding hydrogens is 168 g/mol. The maximum absolute atomic E-state index is 10.9. The summed E-state index contributed by atoms with van der Waals surface area (Å²) in [5, 5.41) is 0. The lowest BCUT2D eigenvalue weighted by atomic mass is 10.3. The van der Waals surface area contributed by atoms with Gasteiger partial charge in [0.05, 0.1) is 21.1 Å². The molecule has 0 aliphatic carbocycles. The standard InChI is InChI=1S/C9H18N2O2/c1-8(2)9(12)10-13-7-6-11(3,4)5/h1,6-7H2,2-5H3/p+1. The average molecular weight is 187 g/mol. The topological polar surface area (TPSA) is 38.3 Å². The quantitative estimate of drug-likeness (QED) is 0.291. The molecule has 0 atom stereocenters. The maximum Gasteiger partial charge on any atom is 0.269 e. The summed E-state index contributed by atoms with van der Waals surface area (Å²) in [6, 6.07) is 0. The first kappa shape index (κ1) is 12.1. The van der Waals surface area contributed by atoms with E-state index in [-0.39, 0.29) is 5.91 Å². The highest BCUT2D eigenvalue weighted by Crippen LogP contribution is 1.89. The number of likely N-dealkylation sites (N-methyl/N-ethyl adjacent to an activating group) is 1. The molecule has 0 saturated carbocycles. The van der Waals surface area contributed by atoms with Crippen LogP contribution in [0.1, 0.15) is 6.92 Å². The van der Waals surface area contributed by atoms with E-state index in [9.17, 15) is 4.79 Å². The summed E-state index contributed by atoms with van der Waals surface area (Å²) in [4.78, 5) is 15.9. The number of amides is 1. The molecule has 0 fully saturated rings. The minimum atomic E-state index is -0.263. The molecule has 4 nitrogen and oxygen atoms in total. The maximum atomic E-state index is 10.9. The number of hydrogen-bond acceptors (Lipinski definition) is 2. The first-order valence-corrected chi connectivity index (χ1v) is 4.21. The van der Waals surface area contributed by atoms with E-state index in [2.05, 4.69) is 33.2 Å². The fourth-order valence-electron chi connectivity index (χ4n) is 0.523. The van der Waals surface area contributed by atoms with Gasteiger partial charge in [0.15, 0.2) is 0 Å². The molecule has 13 heavy (non-hydrogen) atoms. The number of nitrogens with one attached hydrogen (secondary N) is 1. The smallest absolute Gasteiger partial charge is 0.269 e. The highest BCUT2D eigenvalue weighted by molar-refractivity contribution is 5.91. The van der Waals surface area contributed by atoms with Gasteiger partial charge in [-0.1, -0.05) is 6.58 Å². The van der Waals surface area contributed by atoms with Gasteiger partial charge in [0.1, 0.15) is 13.2 Å². The van der Waals surface area contributed by atoms with Crippen molar-refractivity contribution in [2.45, 2.75) is 6.92 Å². The Bertz CT molecular complexity index is 194. The van der Waals surface area contributed by atoms with Crippen molar-refractivity contribution < 1.29 is 14.1 Å². The second-order valence-electron chi connectivity index (χ2n) is 4.07. The average Bonchev–Trinajstić information content (AvgIpc) is 1.95. The first-order chi connectivity index (χ1) is 5.83. The summed E-state index contributed by atoms with van der Waals surface area (Å²) in [6.07, 6.45) is 0. The molecule has 0 unspecified atom stereocenters. The van der Waals surface area contributed by atoms with Crippen molar-refractivity contribution in [3.8, 4) is 0 Å². The van der Waals surface area contributed by atoms with Crippen molar-refractivity contribution in [2.75, 3.05) is 34.3 Å². The second kappa shape index (κ2) is 4.99. The van der Waals surface area contributed by atoms with Crippen LogP contribution in [0.3, 0.4) is 0 Å². The van der Waals surface area contributed by atoms with E-state index in [4.69, 9.17) is 4.84 Å². The van der Waals surface area contributed by atoms with Crippen LogP contribution >= 0.6 is 0 Å². The van der Waals surface area contributed by atoms with Gasteiger partial charge in [0.25, 0.3) is 5.91 Å². The van der Waals surface area contributed by atoms with Gasteiger partial charge in [0.2, 0.25) is 0 Å². The van der Waals surface area contributed by atoms with Gasteiger partial charge in [-0.25, -0.2) is 5.48 Å². The van der Waals surface area contributed by atoms with Crippen LogP contribution in [0, 0.1) is 0 Å². The van der Waals surface area contributed by atoms with Crippen molar-refractivity contribution in [3.63, 3.8) is 0 Å². The summed E-state index contributed by atoms with van der Waals surface area (Å²) in [7, 11) is 6.18. The van der Waals surface area contributed by atoms with E-state index < -0.39 is 0 Å². The van der Waals surface area contributed by atoms with Crippen molar-refractivity contribution in [3.05, 3.63) is 12.2 Å². The van der Waals surface area contributed by atoms with Crippen LogP contribution in [-0.4, -0.2) is 44.7 Å². The van der Waals surface area contributed by atoms with Crippen LogP contribution in [0.2, 0.25) is 0 Å². The lowest BCUT2D eigenvalue weighted by molar-refractivity contribution is -0.870. The molecule has 76 valence electrons. The molecule has 1 amide bonds. The number of hydroxylamine groups is 1. The molecule has 0 rings (SSSR count). The SMILES string of the molecule is C=C(C)C(=O)NOCC[N+](C)(C)C. The van der Waals surface area contributed by atoms with E-state index in [0.717, 1.165) is 11.0 Å². The third-order valence-electron chi connectivity index (χ3n) is 1.42. The Morgan fingerprint density at radius 3 is 2.38 bits per heavy atom. The fraction of sp³-hybridized carbons (Fsp3) is 0.667. The molecule has 0 aromatic heterocycles. The predicted molar refractivity (Wildman–Crippen MR) is 51.8 cm³/mol. The Balaban J connectivity index is 3.47. The Kier molecular flexibility index (Phi) is 4.66. The zero-order valence-electron chi connectivity index (χ0n) is 8.89. The second-order valence-corrected chi connectivity index (χ2v) is 4.07. The molecule has 0 aliphatic rings. The van der Waals surface area contributed by atoms with Crippen LogP contribution in [0.25, 0.3) is 0 Å². The van der Waals surface area contributed by atoms with Gasteiger partial charge in [0, 0.05) is 5.57 Å². The highest BCUT2D eigenvalue weighted by atomic mass is 16.7. The minimum Gasteiger partial charge on any atom is -0.329 e. The third kappa shape index (κ3) is 7.49. The zero-order valence-corrected chi connectivity index (χ0v) is 8.89.